The zero-order valence-electron chi connectivity index (χ0n) is 57.3. The second-order valence-corrected chi connectivity index (χ2v) is 25.0. The van der Waals surface area contributed by atoms with E-state index in [0.717, 1.165) is 109 Å². The van der Waals surface area contributed by atoms with E-state index in [0.29, 0.717) is 12.8 Å². The Hall–Kier alpha value is -4.07. The fraction of sp³-hybridized carbons (Fsp3) is 0.697. The van der Waals surface area contributed by atoms with E-state index in [1.54, 1.807) is 6.08 Å². The molecule has 19 heteroatoms. The van der Waals surface area contributed by atoms with Crippen molar-refractivity contribution in [3.63, 3.8) is 0 Å². The topological polar surface area (TPSA) is 307 Å². The molecule has 3 saturated heterocycles. The van der Waals surface area contributed by atoms with Crippen molar-refractivity contribution in [2.75, 3.05) is 26.4 Å². The molecule has 3 aliphatic rings. The summed E-state index contributed by atoms with van der Waals surface area (Å²) in [5, 5.41) is 120. The number of hydrogen-bond donors (Lipinski definition) is 12. The lowest BCUT2D eigenvalue weighted by Crippen LogP contribution is -2.66. The van der Waals surface area contributed by atoms with Gasteiger partial charge in [-0.25, -0.2) is 0 Å². The lowest BCUT2D eigenvalue weighted by molar-refractivity contribution is -0.379. The average molecular weight is 1340 g/mol. The van der Waals surface area contributed by atoms with Gasteiger partial charge in [0, 0.05) is 6.42 Å². The third kappa shape index (κ3) is 37.1. The maximum absolute atomic E-state index is 13.4. The number of aliphatic hydroxyl groups is 11. The molecule has 3 fully saturated rings. The van der Waals surface area contributed by atoms with Crippen LogP contribution in [0.25, 0.3) is 0 Å². The molecule has 3 rings (SSSR count). The number of nitrogens with one attached hydrogen (secondary N) is 1. The Morgan fingerprint density at radius 3 is 1.18 bits per heavy atom. The van der Waals surface area contributed by atoms with E-state index in [9.17, 15) is 61.0 Å². The zero-order valence-corrected chi connectivity index (χ0v) is 57.3. The molecule has 3 aliphatic heterocycles. The second kappa shape index (κ2) is 55.8. The third-order valence-corrected chi connectivity index (χ3v) is 16.9. The van der Waals surface area contributed by atoms with Crippen molar-refractivity contribution < 1.29 is 89.4 Å². The fourth-order valence-electron chi connectivity index (χ4n) is 11.1. The summed E-state index contributed by atoms with van der Waals surface area (Å²) in [5.74, 6) is -0.299. The fourth-order valence-corrected chi connectivity index (χ4v) is 11.1. The van der Waals surface area contributed by atoms with Gasteiger partial charge in [0.15, 0.2) is 18.9 Å². The number of hydrogen-bond acceptors (Lipinski definition) is 18. The number of ether oxygens (including phenoxy) is 6. The van der Waals surface area contributed by atoms with Gasteiger partial charge in [-0.1, -0.05) is 231 Å². The molecule has 542 valence electrons. The molecule has 3 heterocycles. The summed E-state index contributed by atoms with van der Waals surface area (Å²) in [6.45, 7) is 1.55. The normalized spacial score (nSPS) is 28.0. The first kappa shape index (κ1) is 85.2. The first-order chi connectivity index (χ1) is 46.3. The second-order valence-electron chi connectivity index (χ2n) is 25.0. The number of amides is 1. The quantitative estimate of drug-likeness (QED) is 0.0199. The lowest BCUT2D eigenvalue weighted by Gasteiger charge is -2.48. The Morgan fingerprint density at radius 2 is 0.737 bits per heavy atom. The molecular formula is C76H125NO18. The number of aliphatic hydroxyl groups excluding tert-OH is 11. The van der Waals surface area contributed by atoms with E-state index >= 15 is 0 Å². The smallest absolute Gasteiger partial charge is 0.220 e. The maximum Gasteiger partial charge on any atom is 0.220 e. The molecule has 17 unspecified atom stereocenters. The van der Waals surface area contributed by atoms with Gasteiger partial charge < -0.3 is 89.9 Å². The van der Waals surface area contributed by atoms with E-state index in [4.69, 9.17) is 28.4 Å². The number of carbonyl (C=O) groups is 1. The van der Waals surface area contributed by atoms with Crippen molar-refractivity contribution in [3.05, 3.63) is 134 Å². The maximum atomic E-state index is 13.4. The highest BCUT2D eigenvalue weighted by molar-refractivity contribution is 5.76. The van der Waals surface area contributed by atoms with Crippen molar-refractivity contribution in [3.8, 4) is 0 Å². The Bertz CT molecular complexity index is 2240. The summed E-state index contributed by atoms with van der Waals surface area (Å²) in [7, 11) is 0. The van der Waals surface area contributed by atoms with Crippen molar-refractivity contribution in [1.82, 2.24) is 5.32 Å². The highest BCUT2D eigenvalue weighted by Crippen LogP contribution is 2.33. The van der Waals surface area contributed by atoms with Gasteiger partial charge in [0.2, 0.25) is 5.91 Å². The molecule has 0 aromatic rings. The average Bonchev–Trinajstić information content (AvgIpc) is 0.791. The van der Waals surface area contributed by atoms with Crippen LogP contribution in [0.4, 0.5) is 0 Å². The first-order valence-corrected chi connectivity index (χ1v) is 35.9. The van der Waals surface area contributed by atoms with Crippen LogP contribution in [0.15, 0.2) is 134 Å². The van der Waals surface area contributed by atoms with E-state index < -0.39 is 124 Å². The van der Waals surface area contributed by atoms with Gasteiger partial charge in [0.05, 0.1) is 38.6 Å². The molecule has 0 aromatic heterocycles. The highest BCUT2D eigenvalue weighted by Gasteiger charge is 2.53. The summed E-state index contributed by atoms with van der Waals surface area (Å²) in [6.07, 6.45) is 51.5. The van der Waals surface area contributed by atoms with E-state index in [2.05, 4.69) is 141 Å². The van der Waals surface area contributed by atoms with Crippen LogP contribution >= 0.6 is 0 Å². The molecule has 0 aromatic carbocycles. The Kier molecular flexibility index (Phi) is 50.0. The minimum absolute atomic E-state index is 0.219. The molecule has 0 radical (unpaired) electrons. The molecule has 17 atom stereocenters. The van der Waals surface area contributed by atoms with Crippen molar-refractivity contribution in [1.29, 1.82) is 0 Å². The highest BCUT2D eigenvalue weighted by atomic mass is 16.8. The number of carbonyl (C=O) groups excluding carboxylic acids is 1. The Morgan fingerprint density at radius 1 is 0.389 bits per heavy atom. The summed E-state index contributed by atoms with van der Waals surface area (Å²) in [6, 6.07) is -1.00. The van der Waals surface area contributed by atoms with Gasteiger partial charge >= 0.3 is 0 Å². The Balaban J connectivity index is 1.36. The number of rotatable bonds is 53. The largest absolute Gasteiger partial charge is 0.394 e. The van der Waals surface area contributed by atoms with Gasteiger partial charge in [-0.05, 0) is 103 Å². The summed E-state index contributed by atoms with van der Waals surface area (Å²) in [5.41, 5.74) is 0. The van der Waals surface area contributed by atoms with Crippen LogP contribution in [0.5, 0.6) is 0 Å². The van der Waals surface area contributed by atoms with E-state index in [1.165, 1.54) is 64.2 Å². The summed E-state index contributed by atoms with van der Waals surface area (Å²) in [4.78, 5) is 13.4. The van der Waals surface area contributed by atoms with Crippen LogP contribution in [0, 0.1) is 0 Å². The molecule has 12 N–H and O–H groups in total. The predicted molar refractivity (Wildman–Crippen MR) is 373 cm³/mol. The van der Waals surface area contributed by atoms with Gasteiger partial charge in [-0.2, -0.15) is 0 Å². The van der Waals surface area contributed by atoms with Gasteiger partial charge in [-0.15, -0.1) is 0 Å². The van der Waals surface area contributed by atoms with Gasteiger partial charge in [0.1, 0.15) is 73.2 Å². The summed E-state index contributed by atoms with van der Waals surface area (Å²) >= 11 is 0. The molecular weight excluding hydrogens is 1210 g/mol. The van der Waals surface area contributed by atoms with Crippen LogP contribution < -0.4 is 5.32 Å². The minimum atomic E-state index is -1.99. The molecule has 0 bridgehead atoms. The van der Waals surface area contributed by atoms with Crippen molar-refractivity contribution in [2.45, 2.75) is 311 Å². The molecule has 0 spiro atoms. The molecule has 95 heavy (non-hydrogen) atoms. The monoisotopic (exact) mass is 1340 g/mol. The number of unbranched alkanes of at least 4 members (excludes halogenated alkanes) is 17. The minimum Gasteiger partial charge on any atom is -0.394 e. The summed E-state index contributed by atoms with van der Waals surface area (Å²) < 4.78 is 34.3. The van der Waals surface area contributed by atoms with Crippen molar-refractivity contribution in [2.24, 2.45) is 0 Å². The zero-order chi connectivity index (χ0) is 68.9. The first-order valence-electron chi connectivity index (χ1n) is 35.9. The molecule has 0 saturated carbocycles. The van der Waals surface area contributed by atoms with Crippen molar-refractivity contribution >= 4 is 5.91 Å². The molecule has 0 aliphatic carbocycles. The standard InChI is InChI=1S/C76H125NO18/c1-3-5-7-9-11-13-15-17-18-19-20-21-22-23-24-25-26-27-28-29-30-31-32-33-34-35-36-37-38-39-40-42-44-46-48-50-52-54-64(82)77-59(60(81)53-51-49-47-45-43-41-16-14-12-10-8-6-4-2)58-90-74-70(88)67(85)72(62(56-79)92-74)95-76-71(89)68(86)73(63(57-80)93-76)94-75-69(87)66(84)65(83)61(55-78)91-75/h5,7,11,13,17-18,20-21,23-24,26-27,29-30,32-33,35-36,43,45,51,53,59-63,65-76,78-81,83-89H,3-4,6,8-10,12,14-16,19,22,25,28,31,34,37-42,44,46-50,52,54-58H2,1-2H3,(H,77,82)/b7-5-,13-11-,18-17-,21-20-,24-23-,27-26-,30-29-,33-32-,36-35-,45-43+,53-51+. The molecule has 19 nitrogen and oxygen atoms in total. The van der Waals surface area contributed by atoms with Crippen LogP contribution in [0.2, 0.25) is 0 Å². The lowest BCUT2D eigenvalue weighted by atomic mass is 9.96. The van der Waals surface area contributed by atoms with Crippen LogP contribution in [-0.4, -0.2) is 193 Å². The molecule has 1 amide bonds. The van der Waals surface area contributed by atoms with Crippen LogP contribution in [0.3, 0.4) is 0 Å². The van der Waals surface area contributed by atoms with Gasteiger partial charge in [0.25, 0.3) is 0 Å². The van der Waals surface area contributed by atoms with E-state index in [1.807, 2.05) is 6.08 Å². The van der Waals surface area contributed by atoms with Gasteiger partial charge in [-0.3, -0.25) is 4.79 Å². The van der Waals surface area contributed by atoms with Crippen LogP contribution in [-0.2, 0) is 33.2 Å². The predicted octanol–water partition coefficient (Wildman–Crippen LogP) is 10.2. The van der Waals surface area contributed by atoms with E-state index in [-0.39, 0.29) is 18.9 Å². The number of allylic oxidation sites excluding steroid dienone is 21. The third-order valence-electron chi connectivity index (χ3n) is 16.9. The SMILES string of the molecule is CC/C=C\C/C=C\C/C=C\C/C=C\C/C=C\C/C=C\C/C=C\C/C=C\C/C=C\CCCCCCCCCCCC(=O)NC(COC1OC(CO)C(OC2OC(CO)C(OC3OC(CO)C(O)C(O)C3O)C(O)C2O)C(O)C1O)C(O)/C=C/CC/C=C/CCCCCCCCC. The van der Waals surface area contributed by atoms with Crippen LogP contribution in [0.1, 0.15) is 206 Å². The Labute approximate surface area is 569 Å².